The summed E-state index contributed by atoms with van der Waals surface area (Å²) in [6, 6.07) is 15.4. The molecule has 6 atom stereocenters. The van der Waals surface area contributed by atoms with Crippen LogP contribution >= 0.6 is 0 Å². The zero-order valence-electron chi connectivity index (χ0n) is 48.5. The van der Waals surface area contributed by atoms with Gasteiger partial charge in [0.15, 0.2) is 18.1 Å². The Morgan fingerprint density at radius 2 is 1.41 bits per heavy atom. The summed E-state index contributed by atoms with van der Waals surface area (Å²) >= 11 is 0. The maximum Gasteiger partial charge on any atom is 0.330 e. The molecule has 3 aliphatic rings. The number of likely N-dealkylation sites (N-methyl/N-ethyl adjacent to an activating group) is 3. The number of aryl methyl sites for hydroxylation is 1. The normalized spacial score (nSPS) is 23.9. The molecule has 6 rings (SSSR count). The summed E-state index contributed by atoms with van der Waals surface area (Å²) < 4.78 is 28.8. The maximum atomic E-state index is 14.8. The predicted octanol–water partition coefficient (Wildman–Crippen LogP) is 5.81. The number of Topliss-reactive ketones (excluding diaryl/α,β-unsaturated/α-hetero) is 1. The molecule has 2 bridgehead atoms. The average molecular weight is 1120 g/mol. The number of ether oxygens (including phenoxy) is 5. The van der Waals surface area contributed by atoms with Crippen LogP contribution in [-0.2, 0) is 59.0 Å². The minimum absolute atomic E-state index is 0.0578. The smallest absolute Gasteiger partial charge is 0.330 e. The van der Waals surface area contributed by atoms with Crippen molar-refractivity contribution in [3.63, 3.8) is 0 Å². The molecule has 0 aliphatic carbocycles. The van der Waals surface area contributed by atoms with Crippen molar-refractivity contribution in [2.75, 3.05) is 68.2 Å². The lowest BCUT2D eigenvalue weighted by Gasteiger charge is -2.36. The second-order valence-electron chi connectivity index (χ2n) is 22.1. The van der Waals surface area contributed by atoms with Gasteiger partial charge in [-0.05, 0) is 125 Å². The maximum absolute atomic E-state index is 14.8. The van der Waals surface area contributed by atoms with E-state index in [9.17, 15) is 43.2 Å². The van der Waals surface area contributed by atoms with Crippen molar-refractivity contribution in [2.45, 2.75) is 129 Å². The Morgan fingerprint density at radius 3 is 2.11 bits per heavy atom. The number of hydrogen-bond acceptors (Lipinski definition) is 14. The molecular weight excluding hydrogens is 1040 g/mol. The number of carbonyl (C=O) groups is 9. The molecule has 0 spiro atoms. The van der Waals surface area contributed by atoms with Crippen molar-refractivity contribution in [1.82, 2.24) is 29.8 Å². The Bertz CT molecular complexity index is 2780. The molecule has 1 N–H and O–H groups in total. The van der Waals surface area contributed by atoms with E-state index in [4.69, 9.17) is 23.7 Å². The number of methoxy groups -OCH3 is 2. The van der Waals surface area contributed by atoms with Crippen LogP contribution in [0.3, 0.4) is 0 Å². The first kappa shape index (κ1) is 62.4. The number of amides is 6. The number of esters is 2. The zero-order valence-corrected chi connectivity index (χ0v) is 48.5. The number of nitrogens with one attached hydrogen (secondary N) is 1. The van der Waals surface area contributed by atoms with Gasteiger partial charge in [-0.25, -0.2) is 9.59 Å². The summed E-state index contributed by atoms with van der Waals surface area (Å²) in [6.07, 6.45) is 5.22. The standard InChI is InChI=1S/C61H80N6O14/c1-39(2)34-47-57(73)66-33-19-25-45(66)56(72)63(6)31-16-15-26-52(69)80-38-61(4,5)54(70)59(75)67-32-17-14-24-46(67)60(76)81-48(29-27-41-28-30-49(77-9)50(35-41)78-10)43-22-18-23-44(36-43)79-37-51(68)64(7)40(3)55(71)62-53(58(74)65(47)8)42-20-12-11-13-21-42/h11-13,15,18,20-23,26,28,30,35-36,39-40,45-48,53H,14,16-17,19,24-25,27,29,31-34,37-38H2,1-10H3,(H,62,71)/t40-,45-,46-,47-,48+,53?/m0/s1. The van der Waals surface area contributed by atoms with Crippen molar-refractivity contribution in [3.05, 3.63) is 102 Å². The summed E-state index contributed by atoms with van der Waals surface area (Å²) in [4.78, 5) is 134. The van der Waals surface area contributed by atoms with E-state index in [-0.39, 0.29) is 62.9 Å². The van der Waals surface area contributed by atoms with Crippen LogP contribution in [0.2, 0.25) is 0 Å². The molecule has 1 unspecified atom stereocenters. The average Bonchev–Trinajstić information content (AvgIpc) is 4.20. The van der Waals surface area contributed by atoms with Gasteiger partial charge in [-0.15, -0.1) is 0 Å². The third-order valence-corrected chi connectivity index (χ3v) is 15.3. The number of piperidine rings is 1. The Hall–Kier alpha value is -7.77. The monoisotopic (exact) mass is 1120 g/mol. The number of fused-ring (bicyclic) bond motifs is 4. The van der Waals surface area contributed by atoms with E-state index < -0.39 is 102 Å². The van der Waals surface area contributed by atoms with Gasteiger partial charge < -0.3 is 53.5 Å². The quantitative estimate of drug-likeness (QED) is 0.208. The molecule has 438 valence electrons. The third-order valence-electron chi connectivity index (χ3n) is 15.3. The second kappa shape index (κ2) is 28.6. The van der Waals surface area contributed by atoms with Crippen LogP contribution in [0.25, 0.3) is 0 Å². The zero-order chi connectivity index (χ0) is 59.1. The SMILES string of the molecule is COc1ccc(CC[C@H]2OC(=O)[C@@H]3CCCCN3C(=O)C(=O)C(C)(C)COC(=O)C=CCCN(C)C(=O)[C@@H]3CCCN3C(=O)[C@H](CC(C)C)N(C)C(=O)C(c3ccccc3)NC(=O)[C@H](C)N(C)C(=O)COc3cccc2c3)cc1OC. The van der Waals surface area contributed by atoms with Gasteiger partial charge in [0.05, 0.1) is 19.6 Å². The van der Waals surface area contributed by atoms with Crippen LogP contribution in [0, 0.1) is 11.3 Å². The third kappa shape index (κ3) is 16.0. The fourth-order valence-corrected chi connectivity index (χ4v) is 10.2. The molecule has 2 fully saturated rings. The van der Waals surface area contributed by atoms with Crippen molar-refractivity contribution >= 4 is 53.2 Å². The Morgan fingerprint density at radius 1 is 0.716 bits per heavy atom. The summed E-state index contributed by atoms with van der Waals surface area (Å²) in [5, 5.41) is 2.85. The first-order valence-corrected chi connectivity index (χ1v) is 27.8. The van der Waals surface area contributed by atoms with Crippen molar-refractivity contribution < 1.29 is 66.8 Å². The first-order chi connectivity index (χ1) is 38.6. The van der Waals surface area contributed by atoms with E-state index in [0.29, 0.717) is 54.7 Å². The van der Waals surface area contributed by atoms with Gasteiger partial charge in [0, 0.05) is 46.9 Å². The van der Waals surface area contributed by atoms with Gasteiger partial charge >= 0.3 is 11.9 Å². The molecule has 0 aromatic heterocycles. The van der Waals surface area contributed by atoms with Crippen LogP contribution < -0.4 is 19.5 Å². The molecule has 3 aliphatic heterocycles. The van der Waals surface area contributed by atoms with Gasteiger partial charge in [-0.1, -0.05) is 68.5 Å². The minimum Gasteiger partial charge on any atom is -0.493 e. The van der Waals surface area contributed by atoms with Gasteiger partial charge in [-0.3, -0.25) is 33.6 Å². The summed E-state index contributed by atoms with van der Waals surface area (Å²) in [5.74, 6) is -4.57. The lowest BCUT2D eigenvalue weighted by molar-refractivity contribution is -0.165. The van der Waals surface area contributed by atoms with E-state index in [1.54, 1.807) is 67.7 Å². The molecule has 2 saturated heterocycles. The predicted molar refractivity (Wildman–Crippen MR) is 299 cm³/mol. The van der Waals surface area contributed by atoms with Gasteiger partial charge in [0.1, 0.15) is 48.7 Å². The van der Waals surface area contributed by atoms with Gasteiger partial charge in [0.25, 0.3) is 11.8 Å². The number of benzene rings is 3. The summed E-state index contributed by atoms with van der Waals surface area (Å²) in [6.45, 7) is 7.97. The fraction of sp³-hybridized carbons (Fsp3) is 0.525. The molecule has 3 heterocycles. The van der Waals surface area contributed by atoms with Crippen LogP contribution in [0.15, 0.2) is 84.9 Å². The molecule has 0 radical (unpaired) electrons. The van der Waals surface area contributed by atoms with Crippen LogP contribution in [0.1, 0.15) is 115 Å². The molecule has 3 aromatic rings. The Balaban J connectivity index is 1.31. The highest BCUT2D eigenvalue weighted by Crippen LogP contribution is 2.33. The topological polar surface area (TPSA) is 228 Å². The van der Waals surface area contributed by atoms with E-state index in [2.05, 4.69) is 5.32 Å². The Labute approximate surface area is 475 Å². The molecule has 20 nitrogen and oxygen atoms in total. The highest BCUT2D eigenvalue weighted by molar-refractivity contribution is 6.38. The number of ketones is 1. The minimum atomic E-state index is -1.48. The highest BCUT2D eigenvalue weighted by Gasteiger charge is 2.44. The molecule has 6 amide bonds. The van der Waals surface area contributed by atoms with E-state index >= 15 is 0 Å². The number of cyclic esters (lactones) is 2. The fourth-order valence-electron chi connectivity index (χ4n) is 10.2. The van der Waals surface area contributed by atoms with Crippen molar-refractivity contribution in [1.29, 1.82) is 0 Å². The lowest BCUT2D eigenvalue weighted by Crippen LogP contribution is -2.56. The highest BCUT2D eigenvalue weighted by atomic mass is 16.5. The lowest BCUT2D eigenvalue weighted by atomic mass is 9.87. The van der Waals surface area contributed by atoms with Crippen LogP contribution in [0.5, 0.6) is 17.2 Å². The number of carbonyl (C=O) groups excluding carboxylic acids is 9. The van der Waals surface area contributed by atoms with Crippen molar-refractivity contribution in [2.24, 2.45) is 11.3 Å². The van der Waals surface area contributed by atoms with Crippen LogP contribution in [-0.4, -0.2) is 170 Å². The summed E-state index contributed by atoms with van der Waals surface area (Å²) in [7, 11) is 7.62. The number of nitrogens with zero attached hydrogens (tertiary/aromatic N) is 5. The van der Waals surface area contributed by atoms with Crippen LogP contribution in [0.4, 0.5) is 0 Å². The molecule has 81 heavy (non-hydrogen) atoms. The molecular formula is C61H80N6O14. The number of hydrogen-bond donors (Lipinski definition) is 1. The molecule has 20 heteroatoms. The molecule has 0 saturated carbocycles. The van der Waals surface area contributed by atoms with Gasteiger partial charge in [-0.2, -0.15) is 0 Å². The largest absolute Gasteiger partial charge is 0.493 e. The van der Waals surface area contributed by atoms with Crippen molar-refractivity contribution in [3.8, 4) is 17.2 Å². The summed E-state index contributed by atoms with van der Waals surface area (Å²) in [5.41, 5.74) is 0.311. The second-order valence-corrected chi connectivity index (χ2v) is 22.1. The van der Waals surface area contributed by atoms with E-state index in [1.807, 2.05) is 26.0 Å². The first-order valence-electron chi connectivity index (χ1n) is 27.8. The van der Waals surface area contributed by atoms with E-state index in [1.165, 1.54) is 85.7 Å². The Kier molecular flexibility index (Phi) is 22.0. The van der Waals surface area contributed by atoms with Gasteiger partial charge in [0.2, 0.25) is 29.4 Å². The van der Waals surface area contributed by atoms with E-state index in [0.717, 1.165) is 5.56 Å². The molecule has 3 aromatic carbocycles. The number of rotatable bonds is 8.